The van der Waals surface area contributed by atoms with Crippen molar-refractivity contribution in [2.75, 3.05) is 19.5 Å². The number of hydrogen-bond acceptors (Lipinski definition) is 5. The smallest absolute Gasteiger partial charge is 0.145 e. The van der Waals surface area contributed by atoms with Crippen LogP contribution in [0.25, 0.3) is 0 Å². The van der Waals surface area contributed by atoms with Crippen molar-refractivity contribution in [3.05, 3.63) is 30.1 Å². The fourth-order valence-corrected chi connectivity index (χ4v) is 1.84. The van der Waals surface area contributed by atoms with E-state index in [1.54, 1.807) is 14.2 Å². The van der Waals surface area contributed by atoms with E-state index >= 15 is 0 Å². The molecule has 0 spiro atoms. The maximum atomic E-state index is 5.35. The first-order valence-electron chi connectivity index (χ1n) is 6.81. The molecule has 0 unspecified atom stereocenters. The largest absolute Gasteiger partial charge is 0.497 e. The molecule has 0 fully saturated rings. The summed E-state index contributed by atoms with van der Waals surface area (Å²) in [5, 5.41) is 11.6. The maximum absolute atomic E-state index is 5.35. The average molecular weight is 290 g/mol. The molecule has 0 saturated heterocycles. The summed E-state index contributed by atoms with van der Waals surface area (Å²) in [6.45, 7) is 6.85. The second-order valence-corrected chi connectivity index (χ2v) is 5.75. The lowest BCUT2D eigenvalue weighted by atomic mass is 10.1. The molecule has 1 heterocycles. The highest BCUT2D eigenvalue weighted by Crippen LogP contribution is 2.29. The fourth-order valence-electron chi connectivity index (χ4n) is 1.84. The van der Waals surface area contributed by atoms with Crippen LogP contribution in [0.2, 0.25) is 0 Å². The van der Waals surface area contributed by atoms with Crippen LogP contribution >= 0.6 is 0 Å². The number of anilines is 1. The first-order valence-corrected chi connectivity index (χ1v) is 6.81. The average Bonchev–Trinajstić information content (AvgIpc) is 2.94. The number of nitrogens with zero attached hydrogens (tertiary/aromatic N) is 3. The molecule has 2 rings (SSSR count). The molecule has 6 nitrogen and oxygen atoms in total. The van der Waals surface area contributed by atoms with Crippen LogP contribution < -0.4 is 14.8 Å². The number of rotatable bonds is 5. The van der Waals surface area contributed by atoms with Crippen LogP contribution in [-0.4, -0.2) is 29.2 Å². The van der Waals surface area contributed by atoms with Crippen LogP contribution in [0.3, 0.4) is 0 Å². The van der Waals surface area contributed by atoms with Gasteiger partial charge in [0.1, 0.15) is 17.2 Å². The van der Waals surface area contributed by atoms with Crippen molar-refractivity contribution in [2.24, 2.45) is 0 Å². The molecule has 1 N–H and O–H groups in total. The quantitative estimate of drug-likeness (QED) is 0.917. The van der Waals surface area contributed by atoms with Gasteiger partial charge in [-0.2, -0.15) is 0 Å². The monoisotopic (exact) mass is 290 g/mol. The van der Waals surface area contributed by atoms with Gasteiger partial charge in [-0.05, 0) is 32.9 Å². The van der Waals surface area contributed by atoms with Gasteiger partial charge in [-0.25, -0.2) is 4.68 Å². The molecule has 114 valence electrons. The minimum atomic E-state index is -0.0664. The number of hydrogen-bond donors (Lipinski definition) is 1. The van der Waals surface area contributed by atoms with Gasteiger partial charge in [0.15, 0.2) is 0 Å². The number of benzene rings is 1. The zero-order chi connectivity index (χ0) is 15.5. The highest BCUT2D eigenvalue weighted by Gasteiger charge is 2.15. The molecule has 21 heavy (non-hydrogen) atoms. The first-order chi connectivity index (χ1) is 9.94. The minimum absolute atomic E-state index is 0.0664. The van der Waals surface area contributed by atoms with E-state index in [2.05, 4.69) is 36.4 Å². The van der Waals surface area contributed by atoms with Gasteiger partial charge in [0.05, 0.1) is 38.2 Å². The van der Waals surface area contributed by atoms with E-state index in [9.17, 15) is 0 Å². The predicted octanol–water partition coefficient (Wildman–Crippen LogP) is 2.66. The summed E-state index contributed by atoms with van der Waals surface area (Å²) in [5.74, 6) is 1.49. The topological polar surface area (TPSA) is 61.2 Å². The molecular formula is C15H22N4O2. The van der Waals surface area contributed by atoms with E-state index in [1.807, 2.05) is 29.1 Å². The van der Waals surface area contributed by atoms with Crippen molar-refractivity contribution in [3.63, 3.8) is 0 Å². The molecule has 0 amide bonds. The van der Waals surface area contributed by atoms with Gasteiger partial charge in [0, 0.05) is 6.07 Å². The Balaban J connectivity index is 2.08. The van der Waals surface area contributed by atoms with Crippen LogP contribution in [-0.2, 0) is 12.1 Å². The number of methoxy groups -OCH3 is 2. The van der Waals surface area contributed by atoms with Gasteiger partial charge < -0.3 is 14.8 Å². The Morgan fingerprint density at radius 3 is 2.52 bits per heavy atom. The molecule has 0 atom stereocenters. The van der Waals surface area contributed by atoms with Crippen LogP contribution in [0.5, 0.6) is 11.5 Å². The third-order valence-electron chi connectivity index (χ3n) is 3.10. The molecule has 0 aliphatic heterocycles. The summed E-state index contributed by atoms with van der Waals surface area (Å²) in [7, 11) is 3.27. The molecule has 2 aromatic rings. The molecule has 0 radical (unpaired) electrons. The van der Waals surface area contributed by atoms with E-state index in [1.165, 1.54) is 0 Å². The molecule has 6 heteroatoms. The van der Waals surface area contributed by atoms with Crippen LogP contribution in [0.1, 0.15) is 26.5 Å². The summed E-state index contributed by atoms with van der Waals surface area (Å²) in [4.78, 5) is 0. The Morgan fingerprint density at radius 1 is 1.19 bits per heavy atom. The second kappa shape index (κ2) is 6.03. The van der Waals surface area contributed by atoms with Gasteiger partial charge in [-0.3, -0.25) is 0 Å². The van der Waals surface area contributed by atoms with Crippen molar-refractivity contribution in [1.29, 1.82) is 0 Å². The summed E-state index contributed by atoms with van der Waals surface area (Å²) >= 11 is 0. The molecule has 0 aliphatic rings. The van der Waals surface area contributed by atoms with Crippen LogP contribution in [0.15, 0.2) is 24.4 Å². The van der Waals surface area contributed by atoms with Gasteiger partial charge in [0.2, 0.25) is 0 Å². The summed E-state index contributed by atoms with van der Waals surface area (Å²) in [6, 6.07) is 5.65. The number of ether oxygens (including phenoxy) is 2. The summed E-state index contributed by atoms with van der Waals surface area (Å²) < 4.78 is 12.4. The minimum Gasteiger partial charge on any atom is -0.497 e. The van der Waals surface area contributed by atoms with E-state index in [0.29, 0.717) is 6.54 Å². The predicted molar refractivity (Wildman–Crippen MR) is 81.9 cm³/mol. The SMILES string of the molecule is COc1ccc(NCc2cn(C(C)(C)C)nn2)c(OC)c1. The van der Waals surface area contributed by atoms with Crippen LogP contribution in [0.4, 0.5) is 5.69 Å². The van der Waals surface area contributed by atoms with Crippen molar-refractivity contribution in [2.45, 2.75) is 32.9 Å². The van der Waals surface area contributed by atoms with Crippen molar-refractivity contribution in [3.8, 4) is 11.5 Å². The lowest BCUT2D eigenvalue weighted by molar-refractivity contribution is 0.347. The Labute approximate surface area is 125 Å². The van der Waals surface area contributed by atoms with E-state index in [0.717, 1.165) is 22.9 Å². The molecular weight excluding hydrogens is 268 g/mol. The lowest BCUT2D eigenvalue weighted by Gasteiger charge is -2.17. The van der Waals surface area contributed by atoms with Gasteiger partial charge in [-0.15, -0.1) is 5.10 Å². The lowest BCUT2D eigenvalue weighted by Crippen LogP contribution is -2.22. The Kier molecular flexibility index (Phi) is 4.35. The first kappa shape index (κ1) is 15.2. The Hall–Kier alpha value is -2.24. The van der Waals surface area contributed by atoms with Gasteiger partial charge in [0.25, 0.3) is 0 Å². The Morgan fingerprint density at radius 2 is 1.95 bits per heavy atom. The highest BCUT2D eigenvalue weighted by molar-refractivity contribution is 5.59. The number of aromatic nitrogens is 3. The molecule has 0 aliphatic carbocycles. The third-order valence-corrected chi connectivity index (χ3v) is 3.10. The van der Waals surface area contributed by atoms with E-state index in [4.69, 9.17) is 9.47 Å². The standard InChI is InChI=1S/C15H22N4O2/c1-15(2,3)19-10-11(17-18-19)9-16-13-7-6-12(20-4)8-14(13)21-5/h6-8,10,16H,9H2,1-5H3. The Bertz CT molecular complexity index is 602. The van der Waals surface area contributed by atoms with Crippen molar-refractivity contribution >= 4 is 5.69 Å². The number of nitrogens with one attached hydrogen (secondary N) is 1. The summed E-state index contributed by atoms with van der Waals surface area (Å²) in [6.07, 6.45) is 1.95. The van der Waals surface area contributed by atoms with E-state index < -0.39 is 0 Å². The zero-order valence-electron chi connectivity index (χ0n) is 13.2. The molecule has 0 saturated carbocycles. The van der Waals surface area contributed by atoms with Gasteiger partial charge >= 0.3 is 0 Å². The molecule has 1 aromatic carbocycles. The zero-order valence-corrected chi connectivity index (χ0v) is 13.2. The fraction of sp³-hybridized carbons (Fsp3) is 0.467. The molecule has 1 aromatic heterocycles. The molecule has 0 bridgehead atoms. The van der Waals surface area contributed by atoms with Crippen molar-refractivity contribution in [1.82, 2.24) is 15.0 Å². The van der Waals surface area contributed by atoms with Gasteiger partial charge in [-0.1, -0.05) is 5.21 Å². The summed E-state index contributed by atoms with van der Waals surface area (Å²) in [5.41, 5.74) is 1.70. The third kappa shape index (κ3) is 3.65. The second-order valence-electron chi connectivity index (χ2n) is 5.75. The highest BCUT2D eigenvalue weighted by atomic mass is 16.5. The van der Waals surface area contributed by atoms with Crippen molar-refractivity contribution < 1.29 is 9.47 Å². The van der Waals surface area contributed by atoms with E-state index in [-0.39, 0.29) is 5.54 Å². The maximum Gasteiger partial charge on any atom is 0.145 e. The van der Waals surface area contributed by atoms with Crippen LogP contribution in [0, 0.1) is 0 Å². The normalized spacial score (nSPS) is 11.3.